The first-order valence-corrected chi connectivity index (χ1v) is 34.5. The number of rotatable bonds is 12. The zero-order valence-corrected chi connectivity index (χ0v) is 44.7. The molecule has 2 heterocycles. The maximum atomic E-state index is 5.38. The number of nitrogens with zero attached hydrogens (tertiary/aromatic N) is 7. The fraction of sp³-hybridized carbons (Fsp3) is 0.780. The fourth-order valence-electron chi connectivity index (χ4n) is 7.81. The molecule has 0 atom stereocenters. The second kappa shape index (κ2) is 23.4. The summed E-state index contributed by atoms with van der Waals surface area (Å²) < 4.78 is 14.5. The normalized spacial score (nSPS) is 16.6. The van der Waals surface area contributed by atoms with Crippen LogP contribution in [-0.2, 0) is 13.1 Å². The van der Waals surface area contributed by atoms with E-state index in [2.05, 4.69) is 145 Å². The molecule has 2 aromatic rings. The first kappa shape index (κ1) is 51.0. The van der Waals surface area contributed by atoms with Crippen molar-refractivity contribution < 1.29 is 40.8 Å². The summed E-state index contributed by atoms with van der Waals surface area (Å²) in [5, 5.41) is 5.38. The Morgan fingerprint density at radius 1 is 0.566 bits per heavy atom. The smallest absolute Gasteiger partial charge is 0.668 e. The molecule has 2 saturated carbocycles. The van der Waals surface area contributed by atoms with Crippen molar-refractivity contribution in [3.8, 4) is 0 Å². The Labute approximate surface area is 366 Å². The second-order valence-corrected chi connectivity index (χ2v) is 38.7. The quantitative estimate of drug-likeness (QED) is 0.119. The van der Waals surface area contributed by atoms with Crippen LogP contribution in [0.3, 0.4) is 0 Å². The Morgan fingerprint density at radius 2 is 0.887 bits per heavy atom. The maximum absolute atomic E-state index is 5.38. The molecule has 301 valence electrons. The number of aromatic nitrogens is 2. The second-order valence-electron chi connectivity index (χ2n) is 19.6. The minimum Gasteiger partial charge on any atom is -0.668 e. The van der Waals surface area contributed by atoms with Crippen LogP contribution in [0, 0.1) is 68.5 Å². The molecular weight excluding hydrogens is 847 g/mol. The van der Waals surface area contributed by atoms with Gasteiger partial charge in [-0.3, -0.25) is 0 Å². The molecular formula is C41H82N7NdSi4. The summed E-state index contributed by atoms with van der Waals surface area (Å²) >= 11 is 0. The zero-order valence-electron chi connectivity index (χ0n) is 37.5. The van der Waals surface area contributed by atoms with E-state index in [1.807, 2.05) is 0 Å². The first-order chi connectivity index (χ1) is 23.9. The van der Waals surface area contributed by atoms with Gasteiger partial charge in [-0.05, 0) is 103 Å². The van der Waals surface area contributed by atoms with Crippen molar-refractivity contribution in [2.45, 2.75) is 196 Å². The van der Waals surface area contributed by atoms with E-state index in [4.69, 9.17) is 19.6 Å². The molecule has 2 aliphatic carbocycles. The predicted octanol–water partition coefficient (Wildman–Crippen LogP) is 13.0. The molecule has 0 unspecified atom stereocenters. The molecule has 0 bridgehead atoms. The molecule has 0 aromatic carbocycles. The van der Waals surface area contributed by atoms with Gasteiger partial charge in [0.15, 0.2) is 0 Å². The molecule has 0 spiro atoms. The van der Waals surface area contributed by atoms with Gasteiger partial charge >= 0.3 is 40.8 Å². The van der Waals surface area contributed by atoms with Crippen molar-refractivity contribution in [2.75, 3.05) is 13.1 Å². The molecule has 53 heavy (non-hydrogen) atoms. The third-order valence-electron chi connectivity index (χ3n) is 9.39. The number of aryl methyl sites for hydroxylation is 4. The fourth-order valence-corrected chi connectivity index (χ4v) is 23.9. The molecule has 12 heteroatoms. The summed E-state index contributed by atoms with van der Waals surface area (Å²) in [4.78, 5) is 7.89. The Morgan fingerprint density at radius 3 is 1.19 bits per heavy atom. The summed E-state index contributed by atoms with van der Waals surface area (Å²) in [7, 11) is -4.42. The molecule has 2 fully saturated rings. The summed E-state index contributed by atoms with van der Waals surface area (Å²) in [6, 6.07) is 9.82. The van der Waals surface area contributed by atoms with Crippen molar-refractivity contribution in [1.29, 1.82) is 0 Å². The van der Waals surface area contributed by atoms with E-state index in [0.717, 1.165) is 32.1 Å². The Hall–Kier alpha value is -0.0318. The van der Waals surface area contributed by atoms with Crippen LogP contribution >= 0.6 is 0 Å². The number of hydrogen-bond acceptors (Lipinski definition) is 1. The van der Waals surface area contributed by atoms with Crippen LogP contribution in [0.2, 0.25) is 78.6 Å². The van der Waals surface area contributed by atoms with Crippen LogP contribution in [0.1, 0.15) is 87.0 Å². The third-order valence-corrected chi connectivity index (χ3v) is 20.1. The van der Waals surface area contributed by atoms with Crippen LogP contribution in [0.4, 0.5) is 0 Å². The van der Waals surface area contributed by atoms with E-state index >= 15 is 0 Å². The molecule has 2 aliphatic rings. The average Bonchev–Trinajstić information content (AvgIpc) is 3.49. The Bertz CT molecular complexity index is 1190. The summed E-state index contributed by atoms with van der Waals surface area (Å²) in [5.41, 5.74) is 5.35. The van der Waals surface area contributed by atoms with Gasteiger partial charge in [0.05, 0.1) is 0 Å². The topological polar surface area (TPSA) is 67.8 Å². The SMILES string of the molecule is C[Si](C)(C)[N-][Si](C)(C)C.C[Si](C)(C)[N-][Si](C)(C)C.Cc1ccc(C)n1CCN(CCn1c(C)ccc1C)C(=NC1CCCCC1)[N-]C1CCCCC1.[Nd+3]. The molecule has 1 radical (unpaired) electrons. The van der Waals surface area contributed by atoms with Gasteiger partial charge in [-0.2, -0.15) is 0 Å². The standard InChI is InChI=1S/C29H46N5.2C6H18NSi2.Nd/c1-23-15-16-24(2)33(23)21-19-32(20-22-34-25(3)17-18-26(34)4)29(30-27-11-7-5-8-12-27)31-28-13-9-6-10-14-28;2*1-8(2,3)7-9(4,5)6;/h15-18,27-28H,5-14,19-22H2,1-4H3;2*1-6H3;/q3*-1;+3. The summed E-state index contributed by atoms with van der Waals surface area (Å²) in [6.07, 6.45) is 12.9. The van der Waals surface area contributed by atoms with Gasteiger partial charge in [-0.15, -0.1) is 0 Å². The molecule has 4 rings (SSSR count). The van der Waals surface area contributed by atoms with Crippen LogP contribution in [0.15, 0.2) is 29.3 Å². The minimum absolute atomic E-state index is 0. The van der Waals surface area contributed by atoms with Gasteiger partial charge in [-0.25, -0.2) is 0 Å². The van der Waals surface area contributed by atoms with Gasteiger partial charge < -0.3 is 33.6 Å². The van der Waals surface area contributed by atoms with E-state index < -0.39 is 32.9 Å². The van der Waals surface area contributed by atoms with Crippen LogP contribution < -0.4 is 0 Å². The number of guanidine groups is 1. The monoisotopic (exact) mass is 926 g/mol. The van der Waals surface area contributed by atoms with Crippen LogP contribution in [0.25, 0.3) is 14.6 Å². The molecule has 0 N–H and O–H groups in total. The van der Waals surface area contributed by atoms with E-state index in [1.165, 1.54) is 87.0 Å². The van der Waals surface area contributed by atoms with Gasteiger partial charge in [0.1, 0.15) is 0 Å². The van der Waals surface area contributed by atoms with Crippen LogP contribution in [-0.4, -0.2) is 78.1 Å². The van der Waals surface area contributed by atoms with E-state index in [1.54, 1.807) is 0 Å². The Kier molecular flexibility index (Phi) is 22.5. The molecule has 2 aromatic heterocycles. The predicted molar refractivity (Wildman–Crippen MR) is 244 cm³/mol. The van der Waals surface area contributed by atoms with E-state index in [9.17, 15) is 0 Å². The molecule has 7 nitrogen and oxygen atoms in total. The minimum atomic E-state index is -1.11. The molecule has 0 saturated heterocycles. The van der Waals surface area contributed by atoms with Gasteiger partial charge in [-0.1, -0.05) is 150 Å². The van der Waals surface area contributed by atoms with Gasteiger partial charge in [0.2, 0.25) is 0 Å². The number of aliphatic imine (C=N–C) groups is 1. The number of hydrogen-bond donors (Lipinski definition) is 0. The van der Waals surface area contributed by atoms with Gasteiger partial charge in [0.25, 0.3) is 0 Å². The maximum Gasteiger partial charge on any atom is 3.00 e. The third kappa shape index (κ3) is 22.5. The molecule has 0 amide bonds. The van der Waals surface area contributed by atoms with Gasteiger partial charge in [0, 0.05) is 41.8 Å². The summed E-state index contributed by atoms with van der Waals surface area (Å²) in [6.45, 7) is 40.3. The van der Waals surface area contributed by atoms with Crippen LogP contribution in [0.5, 0.6) is 0 Å². The van der Waals surface area contributed by atoms with Crippen molar-refractivity contribution in [2.24, 2.45) is 4.99 Å². The van der Waals surface area contributed by atoms with Crippen molar-refractivity contribution in [1.82, 2.24) is 14.0 Å². The van der Waals surface area contributed by atoms with Crippen molar-refractivity contribution in [3.63, 3.8) is 0 Å². The van der Waals surface area contributed by atoms with E-state index in [0.29, 0.717) is 12.1 Å². The largest absolute Gasteiger partial charge is 3.00 e. The zero-order chi connectivity index (χ0) is 39.3. The van der Waals surface area contributed by atoms with Crippen molar-refractivity contribution in [3.05, 3.63) is 61.7 Å². The first-order valence-electron chi connectivity index (χ1n) is 20.7. The Balaban J connectivity index is 0.000000612. The average molecular weight is 930 g/mol. The summed E-state index contributed by atoms with van der Waals surface area (Å²) in [5.74, 6) is 1.05. The van der Waals surface area contributed by atoms with Crippen molar-refractivity contribution >= 4 is 38.9 Å². The van der Waals surface area contributed by atoms with E-state index in [-0.39, 0.29) is 40.8 Å². The molecule has 0 aliphatic heterocycles.